The zero-order valence-corrected chi connectivity index (χ0v) is 17.4. The highest BCUT2D eigenvalue weighted by Crippen LogP contribution is 2.22. The molecule has 2 amide bonds. The van der Waals surface area contributed by atoms with E-state index in [1.54, 1.807) is 42.5 Å². The number of hydrogen-bond donors (Lipinski definition) is 1. The van der Waals surface area contributed by atoms with Gasteiger partial charge >= 0.3 is 0 Å². The van der Waals surface area contributed by atoms with E-state index in [0.717, 1.165) is 31.5 Å². The summed E-state index contributed by atoms with van der Waals surface area (Å²) in [6, 6.07) is 12.2. The largest absolute Gasteiger partial charge is 0.483 e. The van der Waals surface area contributed by atoms with Crippen molar-refractivity contribution in [2.24, 2.45) is 0 Å². The van der Waals surface area contributed by atoms with Gasteiger partial charge in [0.1, 0.15) is 5.75 Å². The molecule has 2 rings (SSSR count). The molecule has 0 fully saturated rings. The average molecular weight is 403 g/mol. The molecule has 150 valence electrons. The summed E-state index contributed by atoms with van der Waals surface area (Å²) >= 11 is 5.92. The fourth-order valence-corrected chi connectivity index (χ4v) is 3.11. The van der Waals surface area contributed by atoms with Gasteiger partial charge in [0.25, 0.3) is 11.8 Å². The second-order valence-electron chi connectivity index (χ2n) is 6.62. The minimum atomic E-state index is -0.294. The van der Waals surface area contributed by atoms with Gasteiger partial charge in [-0.1, -0.05) is 31.5 Å². The lowest BCUT2D eigenvalue weighted by molar-refractivity contribution is -0.118. The molecule has 0 aromatic heterocycles. The van der Waals surface area contributed by atoms with Crippen LogP contribution in [-0.2, 0) is 4.79 Å². The first-order valence-electron chi connectivity index (χ1n) is 9.52. The summed E-state index contributed by atoms with van der Waals surface area (Å²) < 4.78 is 5.56. The molecule has 0 aliphatic heterocycles. The molecule has 0 atom stereocenters. The molecule has 2 aromatic carbocycles. The lowest BCUT2D eigenvalue weighted by Crippen LogP contribution is -2.32. The Hall–Kier alpha value is -2.53. The Kier molecular flexibility index (Phi) is 8.33. The highest BCUT2D eigenvalue weighted by molar-refractivity contribution is 6.30. The number of anilines is 1. The summed E-state index contributed by atoms with van der Waals surface area (Å²) in [4.78, 5) is 26.8. The van der Waals surface area contributed by atoms with Gasteiger partial charge in [0, 0.05) is 29.4 Å². The molecule has 6 heteroatoms. The van der Waals surface area contributed by atoms with Crippen molar-refractivity contribution >= 4 is 29.1 Å². The maximum atomic E-state index is 12.7. The minimum Gasteiger partial charge on any atom is -0.483 e. The van der Waals surface area contributed by atoms with E-state index >= 15 is 0 Å². The maximum Gasteiger partial charge on any atom is 0.262 e. The van der Waals surface area contributed by atoms with E-state index in [-0.39, 0.29) is 18.4 Å². The van der Waals surface area contributed by atoms with Crippen molar-refractivity contribution in [1.29, 1.82) is 0 Å². The van der Waals surface area contributed by atoms with Crippen molar-refractivity contribution in [1.82, 2.24) is 4.90 Å². The Morgan fingerprint density at radius 2 is 1.79 bits per heavy atom. The van der Waals surface area contributed by atoms with Gasteiger partial charge in [-0.15, -0.1) is 0 Å². The lowest BCUT2D eigenvalue weighted by Gasteiger charge is -2.21. The summed E-state index contributed by atoms with van der Waals surface area (Å²) in [5.41, 5.74) is 1.99. The number of amides is 2. The molecule has 0 aliphatic rings. The van der Waals surface area contributed by atoms with Crippen molar-refractivity contribution in [3.63, 3.8) is 0 Å². The number of carbonyl (C=O) groups is 2. The molecule has 0 aliphatic carbocycles. The first kappa shape index (κ1) is 21.8. The van der Waals surface area contributed by atoms with Gasteiger partial charge in [-0.25, -0.2) is 0 Å². The monoisotopic (exact) mass is 402 g/mol. The molecule has 0 bridgehead atoms. The van der Waals surface area contributed by atoms with Crippen molar-refractivity contribution in [2.45, 2.75) is 33.6 Å². The molecule has 0 heterocycles. The van der Waals surface area contributed by atoms with Gasteiger partial charge in [-0.3, -0.25) is 9.59 Å². The molecular formula is C22H27ClN2O3. The van der Waals surface area contributed by atoms with Gasteiger partial charge < -0.3 is 15.0 Å². The molecule has 0 saturated carbocycles. The smallest absolute Gasteiger partial charge is 0.262 e. The van der Waals surface area contributed by atoms with Crippen LogP contribution in [0.15, 0.2) is 42.5 Å². The Morgan fingerprint density at radius 1 is 1.07 bits per heavy atom. The van der Waals surface area contributed by atoms with Gasteiger partial charge in [-0.2, -0.15) is 0 Å². The van der Waals surface area contributed by atoms with Crippen LogP contribution in [0.25, 0.3) is 0 Å². The number of ether oxygens (including phenoxy) is 1. The fraction of sp³-hybridized carbons (Fsp3) is 0.364. The first-order valence-corrected chi connectivity index (χ1v) is 9.90. The van der Waals surface area contributed by atoms with Gasteiger partial charge in [0.15, 0.2) is 6.61 Å². The van der Waals surface area contributed by atoms with E-state index < -0.39 is 0 Å². The third-order valence-electron chi connectivity index (χ3n) is 4.16. The first-order chi connectivity index (χ1) is 13.4. The van der Waals surface area contributed by atoms with Crippen molar-refractivity contribution < 1.29 is 14.3 Å². The third kappa shape index (κ3) is 6.27. The Morgan fingerprint density at radius 3 is 2.43 bits per heavy atom. The highest BCUT2D eigenvalue weighted by Gasteiger charge is 2.15. The zero-order valence-electron chi connectivity index (χ0n) is 16.6. The molecular weight excluding hydrogens is 376 g/mol. The molecule has 0 spiro atoms. The van der Waals surface area contributed by atoms with Crippen LogP contribution >= 0.6 is 11.6 Å². The van der Waals surface area contributed by atoms with Crippen LogP contribution < -0.4 is 10.1 Å². The molecule has 5 nitrogen and oxygen atoms in total. The predicted octanol–water partition coefficient (Wildman–Crippen LogP) is 4.93. The number of aryl methyl sites for hydroxylation is 1. The van der Waals surface area contributed by atoms with E-state index in [0.29, 0.717) is 22.0 Å². The highest BCUT2D eigenvalue weighted by atomic mass is 35.5. The van der Waals surface area contributed by atoms with Crippen molar-refractivity contribution in [2.75, 3.05) is 25.0 Å². The topological polar surface area (TPSA) is 58.6 Å². The summed E-state index contributed by atoms with van der Waals surface area (Å²) in [7, 11) is 0. The van der Waals surface area contributed by atoms with Crippen molar-refractivity contribution in [3.05, 3.63) is 58.6 Å². The van der Waals surface area contributed by atoms with Crippen LogP contribution in [0.3, 0.4) is 0 Å². The minimum absolute atomic E-state index is 0.0205. The van der Waals surface area contributed by atoms with Crippen LogP contribution in [-0.4, -0.2) is 36.4 Å². The van der Waals surface area contributed by atoms with Crippen LogP contribution in [0.1, 0.15) is 42.6 Å². The molecule has 0 saturated heterocycles. The molecule has 0 radical (unpaired) electrons. The fourth-order valence-electron chi connectivity index (χ4n) is 2.88. The summed E-state index contributed by atoms with van der Waals surface area (Å²) in [6.07, 6.45) is 1.81. The van der Waals surface area contributed by atoms with Crippen LogP contribution in [0, 0.1) is 6.92 Å². The van der Waals surface area contributed by atoms with E-state index in [1.807, 2.05) is 11.8 Å². The maximum absolute atomic E-state index is 12.7. The predicted molar refractivity (Wildman–Crippen MR) is 113 cm³/mol. The lowest BCUT2D eigenvalue weighted by atomic mass is 10.1. The zero-order chi connectivity index (χ0) is 20.5. The number of nitrogens with one attached hydrogen (secondary N) is 1. The molecule has 28 heavy (non-hydrogen) atoms. The second kappa shape index (κ2) is 10.7. The van der Waals surface area contributed by atoms with Crippen LogP contribution in [0.2, 0.25) is 5.02 Å². The van der Waals surface area contributed by atoms with Gasteiger partial charge in [0.05, 0.1) is 0 Å². The normalized spacial score (nSPS) is 10.4. The molecule has 2 aromatic rings. The number of hydrogen-bond acceptors (Lipinski definition) is 3. The standard InChI is InChI=1S/C22H27ClN2O3/c1-4-11-25(12-5-2)22(27)17-7-6-8-19(14-17)24-21(26)15-28-20-10-9-18(23)13-16(20)3/h6-10,13-14H,4-5,11-12,15H2,1-3H3,(H,24,26). The quantitative estimate of drug-likeness (QED) is 0.647. The number of halogens is 1. The Balaban J connectivity index is 1.99. The van der Waals surface area contributed by atoms with Gasteiger partial charge in [-0.05, 0) is 61.7 Å². The van der Waals surface area contributed by atoms with E-state index in [2.05, 4.69) is 19.2 Å². The number of carbonyl (C=O) groups excluding carboxylic acids is 2. The molecule has 1 N–H and O–H groups in total. The number of benzene rings is 2. The van der Waals surface area contributed by atoms with E-state index in [9.17, 15) is 9.59 Å². The number of rotatable bonds is 9. The van der Waals surface area contributed by atoms with Crippen LogP contribution in [0.5, 0.6) is 5.75 Å². The number of nitrogens with zero attached hydrogens (tertiary/aromatic N) is 1. The van der Waals surface area contributed by atoms with Crippen LogP contribution in [0.4, 0.5) is 5.69 Å². The summed E-state index contributed by atoms with van der Waals surface area (Å²) in [5, 5.41) is 3.40. The molecule has 0 unspecified atom stereocenters. The Bertz CT molecular complexity index is 817. The summed E-state index contributed by atoms with van der Waals surface area (Å²) in [6.45, 7) is 7.28. The van der Waals surface area contributed by atoms with Crippen molar-refractivity contribution in [3.8, 4) is 5.75 Å². The second-order valence-corrected chi connectivity index (χ2v) is 7.06. The van der Waals surface area contributed by atoms with Gasteiger partial charge in [0.2, 0.25) is 0 Å². The Labute approximate surface area is 171 Å². The SMILES string of the molecule is CCCN(CCC)C(=O)c1cccc(NC(=O)COc2ccc(Cl)cc2C)c1. The third-order valence-corrected chi connectivity index (χ3v) is 4.40. The van der Waals surface area contributed by atoms with E-state index in [4.69, 9.17) is 16.3 Å². The summed E-state index contributed by atoms with van der Waals surface area (Å²) in [5.74, 6) is 0.295. The van der Waals surface area contributed by atoms with E-state index in [1.165, 1.54) is 0 Å². The average Bonchev–Trinajstić information content (AvgIpc) is 2.67.